The molecule has 10 heteroatoms. The molecule has 0 aliphatic carbocycles. The van der Waals surface area contributed by atoms with Crippen LogP contribution in [0.1, 0.15) is 54.4 Å². The number of esters is 2. The molecule has 0 unspecified atom stereocenters. The standard InChI is InChI=1S/C20H36N2O8/c1-15(25)21(9-11-23)13-17(27)29-19(3,4)7-8-20(5,6)30-18(28)14-22(10-12-24)16(2)26/h23-24H,7-14H2,1-6H3. The van der Waals surface area contributed by atoms with Crippen LogP contribution >= 0.6 is 0 Å². The quantitative estimate of drug-likeness (QED) is 0.391. The molecule has 0 radical (unpaired) electrons. The fraction of sp³-hybridized carbons (Fsp3) is 0.800. The van der Waals surface area contributed by atoms with Crippen LogP contribution in [-0.2, 0) is 28.7 Å². The van der Waals surface area contributed by atoms with Gasteiger partial charge in [0.05, 0.1) is 13.2 Å². The molecule has 30 heavy (non-hydrogen) atoms. The molecule has 2 amide bonds. The minimum atomic E-state index is -0.870. The molecule has 0 rings (SSSR count). The van der Waals surface area contributed by atoms with Gasteiger partial charge in [-0.2, -0.15) is 0 Å². The van der Waals surface area contributed by atoms with Crippen LogP contribution in [0.4, 0.5) is 0 Å². The van der Waals surface area contributed by atoms with Gasteiger partial charge in [0, 0.05) is 26.9 Å². The number of rotatable bonds is 13. The number of ether oxygens (including phenoxy) is 2. The molecule has 0 bridgehead atoms. The number of carbonyl (C=O) groups is 4. The zero-order valence-corrected chi connectivity index (χ0v) is 18.9. The molecule has 0 aromatic heterocycles. The zero-order valence-electron chi connectivity index (χ0n) is 18.9. The molecule has 0 aliphatic rings. The summed E-state index contributed by atoms with van der Waals surface area (Å²) in [7, 11) is 0. The van der Waals surface area contributed by atoms with E-state index in [4.69, 9.17) is 19.7 Å². The zero-order chi connectivity index (χ0) is 23.5. The molecule has 0 aliphatic heterocycles. The molecule has 0 spiro atoms. The third-order valence-corrected chi connectivity index (χ3v) is 4.38. The van der Waals surface area contributed by atoms with Crippen molar-refractivity contribution in [2.45, 2.75) is 65.6 Å². The minimum absolute atomic E-state index is 0.0431. The van der Waals surface area contributed by atoms with Crippen LogP contribution in [0.15, 0.2) is 0 Å². The molecule has 0 aromatic carbocycles. The van der Waals surface area contributed by atoms with Gasteiger partial charge in [-0.1, -0.05) is 0 Å². The van der Waals surface area contributed by atoms with E-state index in [2.05, 4.69) is 0 Å². The summed E-state index contributed by atoms with van der Waals surface area (Å²) in [4.78, 5) is 49.6. The van der Waals surface area contributed by atoms with Gasteiger partial charge >= 0.3 is 11.9 Å². The van der Waals surface area contributed by atoms with E-state index >= 15 is 0 Å². The summed E-state index contributed by atoms with van der Waals surface area (Å²) in [6.45, 7) is 8.52. The molecule has 0 atom stereocenters. The third-order valence-electron chi connectivity index (χ3n) is 4.38. The number of hydrogen-bond acceptors (Lipinski definition) is 8. The van der Waals surface area contributed by atoms with Crippen molar-refractivity contribution in [3.05, 3.63) is 0 Å². The Morgan fingerprint density at radius 3 is 1.23 bits per heavy atom. The lowest BCUT2D eigenvalue weighted by Crippen LogP contribution is -2.41. The van der Waals surface area contributed by atoms with Crippen LogP contribution in [0, 0.1) is 0 Å². The van der Waals surface area contributed by atoms with Crippen molar-refractivity contribution in [2.24, 2.45) is 0 Å². The van der Waals surface area contributed by atoms with Gasteiger partial charge in [-0.3, -0.25) is 19.2 Å². The maximum Gasteiger partial charge on any atom is 0.326 e. The Labute approximate surface area is 178 Å². The van der Waals surface area contributed by atoms with Gasteiger partial charge in [0.1, 0.15) is 24.3 Å². The summed E-state index contributed by atoms with van der Waals surface area (Å²) in [5.74, 6) is -1.88. The lowest BCUT2D eigenvalue weighted by Gasteiger charge is -2.32. The number of nitrogens with zero attached hydrogens (tertiary/aromatic N) is 2. The minimum Gasteiger partial charge on any atom is -0.458 e. The Morgan fingerprint density at radius 1 is 0.700 bits per heavy atom. The lowest BCUT2D eigenvalue weighted by atomic mass is 9.93. The number of hydrogen-bond donors (Lipinski definition) is 2. The van der Waals surface area contributed by atoms with E-state index < -0.39 is 23.1 Å². The second-order valence-corrected chi connectivity index (χ2v) is 8.30. The van der Waals surface area contributed by atoms with Crippen LogP contribution in [0.5, 0.6) is 0 Å². The first-order valence-corrected chi connectivity index (χ1v) is 9.89. The lowest BCUT2D eigenvalue weighted by molar-refractivity contribution is -0.166. The van der Waals surface area contributed by atoms with E-state index in [0.29, 0.717) is 12.8 Å². The normalized spacial score (nSPS) is 11.6. The predicted octanol–water partition coefficient (Wildman–Crippen LogP) is 0.0918. The number of carbonyl (C=O) groups excluding carboxylic acids is 4. The molecule has 0 saturated carbocycles. The predicted molar refractivity (Wildman–Crippen MR) is 108 cm³/mol. The summed E-state index contributed by atoms with van der Waals surface area (Å²) in [6, 6.07) is 0. The molecule has 0 saturated heterocycles. The van der Waals surface area contributed by atoms with Gasteiger partial charge in [-0.05, 0) is 40.5 Å². The maximum atomic E-state index is 12.2. The molecular formula is C20H36N2O8. The van der Waals surface area contributed by atoms with Crippen molar-refractivity contribution in [3.8, 4) is 0 Å². The van der Waals surface area contributed by atoms with Gasteiger partial charge in [-0.15, -0.1) is 0 Å². The molecule has 0 heterocycles. The summed E-state index contributed by atoms with van der Waals surface area (Å²) >= 11 is 0. The Kier molecular flexibility index (Phi) is 11.6. The van der Waals surface area contributed by atoms with Crippen LogP contribution in [0.2, 0.25) is 0 Å². The molecule has 2 N–H and O–H groups in total. The highest BCUT2D eigenvalue weighted by molar-refractivity contribution is 5.81. The fourth-order valence-electron chi connectivity index (χ4n) is 2.63. The van der Waals surface area contributed by atoms with E-state index in [1.807, 2.05) is 0 Å². The van der Waals surface area contributed by atoms with Crippen LogP contribution < -0.4 is 0 Å². The van der Waals surface area contributed by atoms with Gasteiger partial charge < -0.3 is 29.5 Å². The second kappa shape index (κ2) is 12.5. The summed E-state index contributed by atoms with van der Waals surface area (Å²) in [5.41, 5.74) is -1.74. The van der Waals surface area contributed by atoms with Crippen molar-refractivity contribution in [2.75, 3.05) is 39.4 Å². The third kappa shape index (κ3) is 11.7. The van der Waals surface area contributed by atoms with Gasteiger partial charge in [0.25, 0.3) is 0 Å². The van der Waals surface area contributed by atoms with E-state index in [0.717, 1.165) is 0 Å². The van der Waals surface area contributed by atoms with Crippen molar-refractivity contribution >= 4 is 23.8 Å². The van der Waals surface area contributed by atoms with Gasteiger partial charge in [0.15, 0.2) is 0 Å². The van der Waals surface area contributed by atoms with E-state index in [1.54, 1.807) is 27.7 Å². The first-order valence-electron chi connectivity index (χ1n) is 9.89. The second-order valence-electron chi connectivity index (χ2n) is 8.30. The SMILES string of the molecule is CC(=O)N(CCO)CC(=O)OC(C)(C)CCC(C)(C)OC(=O)CN(CCO)C(C)=O. The fourth-order valence-corrected chi connectivity index (χ4v) is 2.63. The Hall–Kier alpha value is -2.20. The number of aliphatic hydroxyl groups excluding tert-OH is 2. The highest BCUT2D eigenvalue weighted by Gasteiger charge is 2.31. The van der Waals surface area contributed by atoms with Crippen LogP contribution in [0.3, 0.4) is 0 Å². The summed E-state index contributed by atoms with van der Waals surface area (Å²) in [5, 5.41) is 17.9. The van der Waals surface area contributed by atoms with Crippen molar-refractivity contribution in [1.82, 2.24) is 9.80 Å². The maximum absolute atomic E-state index is 12.2. The largest absolute Gasteiger partial charge is 0.458 e. The first-order chi connectivity index (χ1) is 13.7. The van der Waals surface area contributed by atoms with Crippen molar-refractivity contribution in [3.63, 3.8) is 0 Å². The average molecular weight is 433 g/mol. The summed E-state index contributed by atoms with van der Waals surface area (Å²) < 4.78 is 10.9. The van der Waals surface area contributed by atoms with Gasteiger partial charge in [-0.25, -0.2) is 0 Å². The molecular weight excluding hydrogens is 396 g/mol. The summed E-state index contributed by atoms with van der Waals surface area (Å²) in [6.07, 6.45) is 0.762. The van der Waals surface area contributed by atoms with E-state index in [9.17, 15) is 19.2 Å². The van der Waals surface area contributed by atoms with Crippen LogP contribution in [0.25, 0.3) is 0 Å². The Balaban J connectivity index is 4.70. The molecule has 174 valence electrons. The first kappa shape index (κ1) is 27.8. The Bertz CT molecular complexity index is 552. The highest BCUT2D eigenvalue weighted by atomic mass is 16.6. The topological polar surface area (TPSA) is 134 Å². The molecule has 10 nitrogen and oxygen atoms in total. The molecule has 0 aromatic rings. The average Bonchev–Trinajstić information content (AvgIpc) is 2.58. The number of amides is 2. The Morgan fingerprint density at radius 2 is 1.00 bits per heavy atom. The van der Waals surface area contributed by atoms with Crippen LogP contribution in [-0.4, -0.2) is 94.4 Å². The van der Waals surface area contributed by atoms with Gasteiger partial charge in [0.2, 0.25) is 11.8 Å². The smallest absolute Gasteiger partial charge is 0.326 e. The van der Waals surface area contributed by atoms with Crippen molar-refractivity contribution < 1.29 is 38.9 Å². The van der Waals surface area contributed by atoms with E-state index in [-0.39, 0.29) is 51.2 Å². The highest BCUT2D eigenvalue weighted by Crippen LogP contribution is 2.25. The molecule has 0 fully saturated rings. The van der Waals surface area contributed by atoms with Crippen molar-refractivity contribution in [1.29, 1.82) is 0 Å². The monoisotopic (exact) mass is 432 g/mol. The van der Waals surface area contributed by atoms with E-state index in [1.165, 1.54) is 23.6 Å². The number of aliphatic hydroxyl groups is 2.